The van der Waals surface area contributed by atoms with Gasteiger partial charge in [0.2, 0.25) is 0 Å². The van der Waals surface area contributed by atoms with Crippen LogP contribution in [0.3, 0.4) is 0 Å². The van der Waals surface area contributed by atoms with E-state index in [1.807, 2.05) is 26.8 Å². The van der Waals surface area contributed by atoms with Crippen LogP contribution in [-0.2, 0) is 0 Å². The van der Waals surface area contributed by atoms with Crippen molar-refractivity contribution < 1.29 is 9.13 Å². The average molecular weight is 541 g/mol. The van der Waals surface area contributed by atoms with Gasteiger partial charge in [0.15, 0.2) is 17.5 Å². The zero-order chi connectivity index (χ0) is 21.3. The van der Waals surface area contributed by atoms with Crippen molar-refractivity contribution in [1.82, 2.24) is 15.6 Å². The third-order valence-electron chi connectivity index (χ3n) is 5.05. The van der Waals surface area contributed by atoms with Gasteiger partial charge >= 0.3 is 0 Å². The van der Waals surface area contributed by atoms with Gasteiger partial charge in [-0.15, -0.1) is 24.0 Å². The van der Waals surface area contributed by atoms with Crippen LogP contribution >= 0.6 is 24.0 Å². The maximum Gasteiger partial charge on any atom is 0.191 e. The number of guanidine groups is 1. The van der Waals surface area contributed by atoms with Crippen LogP contribution in [0.15, 0.2) is 47.5 Å². The molecule has 0 radical (unpaired) electrons. The van der Waals surface area contributed by atoms with E-state index in [9.17, 15) is 4.39 Å². The molecule has 6 nitrogen and oxygen atoms in total. The third kappa shape index (κ3) is 7.83. The number of ether oxygens (including phenoxy) is 1. The SMILES string of the molecule is CCNC(=NCC(C)Oc1ccccc1F)NC1CCN(c2cccc(C)n2)CC1.I. The molecule has 2 aromatic rings. The molecule has 8 heteroatoms. The highest BCUT2D eigenvalue weighted by Crippen LogP contribution is 2.19. The first-order valence-electron chi connectivity index (χ1n) is 10.7. The molecule has 1 aliphatic rings. The Morgan fingerprint density at radius 2 is 1.97 bits per heavy atom. The molecule has 3 rings (SSSR count). The van der Waals surface area contributed by atoms with Crippen LogP contribution in [0, 0.1) is 12.7 Å². The molecule has 31 heavy (non-hydrogen) atoms. The summed E-state index contributed by atoms with van der Waals surface area (Å²) >= 11 is 0. The summed E-state index contributed by atoms with van der Waals surface area (Å²) in [6, 6.07) is 13.0. The fourth-order valence-electron chi connectivity index (χ4n) is 3.49. The fourth-order valence-corrected chi connectivity index (χ4v) is 3.49. The van der Waals surface area contributed by atoms with Crippen LogP contribution in [0.25, 0.3) is 0 Å². The van der Waals surface area contributed by atoms with E-state index in [1.165, 1.54) is 6.07 Å². The molecule has 0 bridgehead atoms. The van der Waals surface area contributed by atoms with Crippen LogP contribution in [0.4, 0.5) is 10.2 Å². The summed E-state index contributed by atoms with van der Waals surface area (Å²) in [5, 5.41) is 6.83. The summed E-state index contributed by atoms with van der Waals surface area (Å²) < 4.78 is 19.4. The molecule has 1 aromatic carbocycles. The van der Waals surface area contributed by atoms with Gasteiger partial charge in [-0.05, 0) is 57.9 Å². The lowest BCUT2D eigenvalue weighted by atomic mass is 10.1. The van der Waals surface area contributed by atoms with E-state index in [2.05, 4.69) is 37.6 Å². The number of pyridine rings is 1. The molecule has 1 fully saturated rings. The number of piperidine rings is 1. The highest BCUT2D eigenvalue weighted by molar-refractivity contribution is 14.0. The lowest BCUT2D eigenvalue weighted by Gasteiger charge is -2.34. The van der Waals surface area contributed by atoms with Gasteiger partial charge in [0.05, 0.1) is 6.54 Å². The first kappa shape index (κ1) is 25.2. The van der Waals surface area contributed by atoms with Crippen molar-refractivity contribution in [2.24, 2.45) is 4.99 Å². The van der Waals surface area contributed by atoms with Crippen molar-refractivity contribution in [2.45, 2.75) is 45.8 Å². The van der Waals surface area contributed by atoms with Crippen molar-refractivity contribution in [3.05, 3.63) is 54.0 Å². The third-order valence-corrected chi connectivity index (χ3v) is 5.05. The monoisotopic (exact) mass is 541 g/mol. The molecule has 1 atom stereocenters. The number of aryl methyl sites for hydroxylation is 1. The van der Waals surface area contributed by atoms with Crippen LogP contribution in [-0.4, -0.2) is 49.3 Å². The van der Waals surface area contributed by atoms with Gasteiger partial charge in [-0.1, -0.05) is 18.2 Å². The van der Waals surface area contributed by atoms with Crippen LogP contribution < -0.4 is 20.3 Å². The van der Waals surface area contributed by atoms with Gasteiger partial charge in [0.1, 0.15) is 11.9 Å². The second-order valence-corrected chi connectivity index (χ2v) is 7.62. The molecule has 2 heterocycles. The number of benzene rings is 1. The minimum atomic E-state index is -0.353. The van der Waals surface area contributed by atoms with E-state index in [1.54, 1.807) is 18.2 Å². The summed E-state index contributed by atoms with van der Waals surface area (Å²) in [6.45, 7) is 9.10. The lowest BCUT2D eigenvalue weighted by molar-refractivity contribution is 0.220. The van der Waals surface area contributed by atoms with Crippen LogP contribution in [0.2, 0.25) is 0 Å². The van der Waals surface area contributed by atoms with Crippen molar-refractivity contribution in [2.75, 3.05) is 31.1 Å². The second kappa shape index (κ2) is 12.7. The maximum atomic E-state index is 13.8. The summed E-state index contributed by atoms with van der Waals surface area (Å²) in [4.78, 5) is 11.6. The number of hydrogen-bond donors (Lipinski definition) is 2. The van der Waals surface area contributed by atoms with Gasteiger partial charge < -0.3 is 20.3 Å². The van der Waals surface area contributed by atoms with E-state index in [4.69, 9.17) is 4.74 Å². The quantitative estimate of drug-likeness (QED) is 0.314. The largest absolute Gasteiger partial charge is 0.486 e. The Morgan fingerprint density at radius 3 is 2.65 bits per heavy atom. The molecule has 0 aliphatic carbocycles. The van der Waals surface area contributed by atoms with Gasteiger partial charge in [-0.3, -0.25) is 0 Å². The van der Waals surface area contributed by atoms with Gasteiger partial charge in [-0.25, -0.2) is 14.4 Å². The number of nitrogens with zero attached hydrogens (tertiary/aromatic N) is 3. The number of anilines is 1. The Kier molecular flexibility index (Phi) is 10.3. The molecular formula is C23H33FIN5O. The molecule has 170 valence electrons. The number of para-hydroxylation sites is 1. The molecule has 1 aliphatic heterocycles. The summed E-state index contributed by atoms with van der Waals surface area (Å²) in [6.07, 6.45) is 1.80. The minimum absolute atomic E-state index is 0. The van der Waals surface area contributed by atoms with E-state index in [0.29, 0.717) is 12.6 Å². The zero-order valence-corrected chi connectivity index (χ0v) is 20.8. The number of aromatic nitrogens is 1. The molecule has 1 unspecified atom stereocenters. The Labute approximate surface area is 201 Å². The molecule has 2 N–H and O–H groups in total. The van der Waals surface area contributed by atoms with E-state index in [-0.39, 0.29) is 41.6 Å². The average Bonchev–Trinajstić information content (AvgIpc) is 2.74. The predicted octanol–water partition coefficient (Wildman–Crippen LogP) is 4.14. The minimum Gasteiger partial charge on any atom is -0.486 e. The van der Waals surface area contributed by atoms with E-state index in [0.717, 1.165) is 49.9 Å². The van der Waals surface area contributed by atoms with E-state index < -0.39 is 0 Å². The highest BCUT2D eigenvalue weighted by atomic mass is 127. The predicted molar refractivity (Wildman–Crippen MR) is 135 cm³/mol. The molecule has 1 saturated heterocycles. The summed E-state index contributed by atoms with van der Waals surface area (Å²) in [5.74, 6) is 1.73. The maximum absolute atomic E-state index is 13.8. The molecule has 0 saturated carbocycles. The van der Waals surface area contributed by atoms with Crippen molar-refractivity contribution in [3.8, 4) is 5.75 Å². The molecule has 0 amide bonds. The van der Waals surface area contributed by atoms with Crippen molar-refractivity contribution in [1.29, 1.82) is 0 Å². The second-order valence-electron chi connectivity index (χ2n) is 7.62. The summed E-state index contributed by atoms with van der Waals surface area (Å²) in [5.41, 5.74) is 1.04. The number of halogens is 2. The fraction of sp³-hybridized carbons (Fsp3) is 0.478. The Balaban J connectivity index is 0.00000341. The first-order chi connectivity index (χ1) is 14.5. The van der Waals surface area contributed by atoms with Crippen molar-refractivity contribution in [3.63, 3.8) is 0 Å². The van der Waals surface area contributed by atoms with Crippen molar-refractivity contribution >= 4 is 35.8 Å². The lowest BCUT2D eigenvalue weighted by Crippen LogP contribution is -2.49. The Hall–Kier alpha value is -2.10. The van der Waals surface area contributed by atoms with Gasteiger partial charge in [-0.2, -0.15) is 0 Å². The number of nitrogens with one attached hydrogen (secondary N) is 2. The zero-order valence-electron chi connectivity index (χ0n) is 18.5. The van der Waals surface area contributed by atoms with E-state index >= 15 is 0 Å². The Bertz CT molecular complexity index is 842. The molecule has 1 aromatic heterocycles. The normalized spacial score (nSPS) is 15.7. The highest BCUT2D eigenvalue weighted by Gasteiger charge is 2.21. The number of rotatable bonds is 7. The smallest absolute Gasteiger partial charge is 0.191 e. The molecule has 0 spiro atoms. The van der Waals surface area contributed by atoms with Gasteiger partial charge in [0.25, 0.3) is 0 Å². The number of hydrogen-bond acceptors (Lipinski definition) is 4. The Morgan fingerprint density at radius 1 is 1.23 bits per heavy atom. The van der Waals surface area contributed by atoms with Crippen LogP contribution in [0.1, 0.15) is 32.4 Å². The van der Waals surface area contributed by atoms with Crippen LogP contribution in [0.5, 0.6) is 5.75 Å². The first-order valence-corrected chi connectivity index (χ1v) is 10.7. The topological polar surface area (TPSA) is 61.8 Å². The summed E-state index contributed by atoms with van der Waals surface area (Å²) in [7, 11) is 0. The molecular weight excluding hydrogens is 508 g/mol. The van der Waals surface area contributed by atoms with Gasteiger partial charge in [0, 0.05) is 31.4 Å². The number of aliphatic imine (C=N–C) groups is 1. The standard InChI is InChI=1S/C23H32FN5O.HI/c1-4-25-23(26-16-18(3)30-21-10-6-5-9-20(21)24)28-19-12-14-29(15-13-19)22-11-7-8-17(2)27-22;/h5-11,18-19H,4,12-16H2,1-3H3,(H2,25,26,28);1H.